The molecule has 0 bridgehead atoms. The summed E-state index contributed by atoms with van der Waals surface area (Å²) >= 11 is 24.8. The fraction of sp³-hybridized carbons (Fsp3) is 0.208. The number of amides is 1. The molecular weight excluding hydrogens is 493 g/mol. The van der Waals surface area contributed by atoms with Crippen molar-refractivity contribution in [2.45, 2.75) is 12.5 Å². The lowest BCUT2D eigenvalue weighted by Crippen LogP contribution is -2.51. The third-order valence-corrected chi connectivity index (χ3v) is 6.74. The van der Waals surface area contributed by atoms with Gasteiger partial charge >= 0.3 is 0 Å². The highest BCUT2D eigenvalue weighted by Gasteiger charge is 2.32. The van der Waals surface area contributed by atoms with Crippen molar-refractivity contribution in [1.29, 1.82) is 0 Å². The Morgan fingerprint density at radius 3 is 2.31 bits per heavy atom. The van der Waals surface area contributed by atoms with Crippen LogP contribution in [0.3, 0.4) is 0 Å². The minimum absolute atomic E-state index is 0.0967. The van der Waals surface area contributed by atoms with Crippen molar-refractivity contribution < 1.29 is 9.18 Å². The van der Waals surface area contributed by atoms with E-state index >= 15 is 0 Å². The number of halogens is 5. The van der Waals surface area contributed by atoms with Crippen LogP contribution in [0, 0.1) is 5.82 Å². The van der Waals surface area contributed by atoms with Crippen LogP contribution >= 0.6 is 46.4 Å². The van der Waals surface area contributed by atoms with Gasteiger partial charge in [0.25, 0.3) is 0 Å². The van der Waals surface area contributed by atoms with Crippen molar-refractivity contribution in [2.24, 2.45) is 0 Å². The molecule has 1 aliphatic rings. The highest BCUT2D eigenvalue weighted by molar-refractivity contribution is 6.36. The summed E-state index contributed by atoms with van der Waals surface area (Å²) in [5, 5.41) is 1.97. The summed E-state index contributed by atoms with van der Waals surface area (Å²) in [5.41, 5.74) is 2.03. The number of carbonyl (C=O) groups excluding carboxylic acids is 1. The molecule has 1 atom stereocenters. The lowest BCUT2D eigenvalue weighted by molar-refractivity contribution is -0.131. The van der Waals surface area contributed by atoms with E-state index in [4.69, 9.17) is 46.4 Å². The van der Waals surface area contributed by atoms with Crippen LogP contribution in [-0.4, -0.2) is 30.4 Å². The Labute approximate surface area is 206 Å². The van der Waals surface area contributed by atoms with E-state index in [0.29, 0.717) is 34.7 Å². The molecule has 0 radical (unpaired) electrons. The van der Waals surface area contributed by atoms with Crippen molar-refractivity contribution in [3.8, 4) is 0 Å². The molecule has 0 spiro atoms. The first-order valence-electron chi connectivity index (χ1n) is 10.0. The van der Waals surface area contributed by atoms with Crippen LogP contribution in [0.15, 0.2) is 60.7 Å². The number of rotatable bonds is 4. The molecule has 32 heavy (non-hydrogen) atoms. The zero-order chi connectivity index (χ0) is 22.8. The van der Waals surface area contributed by atoms with Gasteiger partial charge in [0, 0.05) is 40.3 Å². The molecule has 0 aromatic heterocycles. The number of carbonyl (C=O) groups is 1. The maximum atomic E-state index is 14.2. The average molecular weight is 512 g/mol. The van der Waals surface area contributed by atoms with Crippen LogP contribution in [0.5, 0.6) is 0 Å². The van der Waals surface area contributed by atoms with Gasteiger partial charge in [0.05, 0.1) is 23.2 Å². The Morgan fingerprint density at radius 2 is 1.62 bits per heavy atom. The normalized spacial score (nSPS) is 16.3. The second-order valence-corrected chi connectivity index (χ2v) is 9.26. The van der Waals surface area contributed by atoms with Crippen molar-refractivity contribution in [3.63, 3.8) is 0 Å². The van der Waals surface area contributed by atoms with E-state index in [0.717, 1.165) is 11.3 Å². The summed E-state index contributed by atoms with van der Waals surface area (Å²) in [5.74, 6) is -0.663. The third kappa shape index (κ3) is 4.99. The Balaban J connectivity index is 1.62. The molecule has 0 N–H and O–H groups in total. The second-order valence-electron chi connectivity index (χ2n) is 7.57. The Bertz CT molecular complexity index is 1120. The highest BCUT2D eigenvalue weighted by atomic mass is 35.5. The molecule has 1 aliphatic heterocycles. The summed E-state index contributed by atoms with van der Waals surface area (Å²) in [6, 6.07) is 17.1. The van der Waals surface area contributed by atoms with E-state index in [1.807, 2.05) is 30.3 Å². The van der Waals surface area contributed by atoms with Crippen molar-refractivity contribution in [2.75, 3.05) is 24.5 Å². The first-order valence-corrected chi connectivity index (χ1v) is 11.5. The van der Waals surface area contributed by atoms with Crippen LogP contribution < -0.4 is 4.90 Å². The summed E-state index contributed by atoms with van der Waals surface area (Å²) in [7, 11) is 0. The predicted octanol–water partition coefficient (Wildman–Crippen LogP) is 7.07. The molecule has 0 saturated carbocycles. The van der Waals surface area contributed by atoms with Gasteiger partial charge in [-0.15, -0.1) is 0 Å². The summed E-state index contributed by atoms with van der Waals surface area (Å²) in [4.78, 5) is 17.0. The molecule has 0 aliphatic carbocycles. The molecule has 1 amide bonds. The standard InChI is InChI=1S/C24H19Cl4FN2O/c25-16-6-4-15(5-7-16)23-14-30(24(32)13-18-19(27)2-1-3-21(18)29)10-11-31(23)22-9-8-17(26)12-20(22)28/h1-9,12,23H,10-11,13-14H2. The molecule has 3 aromatic rings. The van der Waals surface area contributed by atoms with E-state index in [-0.39, 0.29) is 29.0 Å². The number of nitrogens with zero attached hydrogens (tertiary/aromatic N) is 2. The SMILES string of the molecule is O=C(Cc1c(F)cccc1Cl)N1CCN(c2ccc(Cl)cc2Cl)C(c2ccc(Cl)cc2)C1. The maximum absolute atomic E-state index is 14.2. The minimum atomic E-state index is -0.480. The van der Waals surface area contributed by atoms with Crippen LogP contribution in [0.25, 0.3) is 0 Å². The molecule has 1 heterocycles. The van der Waals surface area contributed by atoms with Crippen molar-refractivity contribution >= 4 is 58.0 Å². The first kappa shape index (κ1) is 23.2. The summed E-state index contributed by atoms with van der Waals surface area (Å²) < 4.78 is 14.2. The van der Waals surface area contributed by atoms with Crippen LogP contribution in [0.2, 0.25) is 20.1 Å². The average Bonchev–Trinajstić information content (AvgIpc) is 2.77. The van der Waals surface area contributed by atoms with Gasteiger partial charge in [-0.3, -0.25) is 4.79 Å². The fourth-order valence-electron chi connectivity index (χ4n) is 3.95. The van der Waals surface area contributed by atoms with E-state index in [9.17, 15) is 9.18 Å². The van der Waals surface area contributed by atoms with Gasteiger partial charge in [0.15, 0.2) is 0 Å². The minimum Gasteiger partial charge on any atom is -0.360 e. The summed E-state index contributed by atoms with van der Waals surface area (Å²) in [6.45, 7) is 1.42. The quantitative estimate of drug-likeness (QED) is 0.374. The van der Waals surface area contributed by atoms with Crippen LogP contribution in [0.4, 0.5) is 10.1 Å². The molecule has 4 rings (SSSR count). The van der Waals surface area contributed by atoms with Crippen molar-refractivity contribution in [1.82, 2.24) is 4.90 Å². The van der Waals surface area contributed by atoms with E-state index in [2.05, 4.69) is 4.90 Å². The van der Waals surface area contributed by atoms with Crippen LogP contribution in [0.1, 0.15) is 17.2 Å². The van der Waals surface area contributed by atoms with Gasteiger partial charge in [-0.05, 0) is 48.0 Å². The number of piperazine rings is 1. The highest BCUT2D eigenvalue weighted by Crippen LogP contribution is 2.37. The van der Waals surface area contributed by atoms with Gasteiger partial charge in [-0.1, -0.05) is 64.6 Å². The zero-order valence-corrected chi connectivity index (χ0v) is 19.9. The van der Waals surface area contributed by atoms with Gasteiger partial charge < -0.3 is 9.80 Å². The number of hydrogen-bond donors (Lipinski definition) is 0. The lowest BCUT2D eigenvalue weighted by Gasteiger charge is -2.43. The second kappa shape index (κ2) is 9.88. The molecular formula is C24H19Cl4FN2O. The molecule has 166 valence electrons. The van der Waals surface area contributed by atoms with E-state index in [1.54, 1.807) is 23.1 Å². The number of anilines is 1. The van der Waals surface area contributed by atoms with Crippen LogP contribution in [-0.2, 0) is 11.2 Å². The van der Waals surface area contributed by atoms with Crippen molar-refractivity contribution in [3.05, 3.63) is 97.7 Å². The van der Waals surface area contributed by atoms with Gasteiger partial charge in [-0.25, -0.2) is 4.39 Å². The summed E-state index contributed by atoms with van der Waals surface area (Å²) in [6.07, 6.45) is -0.0967. The van der Waals surface area contributed by atoms with Gasteiger partial charge in [0.2, 0.25) is 5.91 Å². The van der Waals surface area contributed by atoms with E-state index in [1.165, 1.54) is 12.1 Å². The zero-order valence-electron chi connectivity index (χ0n) is 16.9. The molecule has 3 aromatic carbocycles. The fourth-order valence-corrected chi connectivity index (χ4v) is 4.82. The molecule has 1 saturated heterocycles. The maximum Gasteiger partial charge on any atom is 0.227 e. The molecule has 1 unspecified atom stereocenters. The predicted molar refractivity (Wildman–Crippen MR) is 130 cm³/mol. The Morgan fingerprint density at radius 1 is 0.906 bits per heavy atom. The largest absolute Gasteiger partial charge is 0.360 e. The lowest BCUT2D eigenvalue weighted by atomic mass is 10.0. The number of benzene rings is 3. The smallest absolute Gasteiger partial charge is 0.227 e. The first-order chi connectivity index (χ1) is 15.3. The monoisotopic (exact) mass is 510 g/mol. The Hall–Kier alpha value is -1.98. The molecule has 8 heteroatoms. The number of hydrogen-bond acceptors (Lipinski definition) is 2. The van der Waals surface area contributed by atoms with Gasteiger partial charge in [-0.2, -0.15) is 0 Å². The molecule has 3 nitrogen and oxygen atoms in total. The van der Waals surface area contributed by atoms with E-state index < -0.39 is 5.82 Å². The van der Waals surface area contributed by atoms with Gasteiger partial charge in [0.1, 0.15) is 5.82 Å². The Kier molecular flexibility index (Phi) is 7.16. The third-order valence-electron chi connectivity index (χ3n) is 5.60. The molecule has 1 fully saturated rings. The topological polar surface area (TPSA) is 23.6 Å².